The van der Waals surface area contributed by atoms with Gasteiger partial charge in [0.15, 0.2) is 5.41 Å². The predicted octanol–water partition coefficient (Wildman–Crippen LogP) is 1.31. The third-order valence-corrected chi connectivity index (χ3v) is 3.78. The van der Waals surface area contributed by atoms with Crippen molar-refractivity contribution in [1.29, 1.82) is 0 Å². The van der Waals surface area contributed by atoms with Crippen molar-refractivity contribution in [3.63, 3.8) is 0 Å². The molecule has 0 aromatic rings. The molecule has 0 saturated heterocycles. The first-order valence-corrected chi connectivity index (χ1v) is 6.89. The van der Waals surface area contributed by atoms with Gasteiger partial charge in [-0.15, -0.1) is 11.8 Å². The highest BCUT2D eigenvalue weighted by atomic mass is 16.5. The van der Waals surface area contributed by atoms with Crippen LogP contribution in [0.15, 0.2) is 12.2 Å². The third-order valence-electron chi connectivity index (χ3n) is 3.78. The van der Waals surface area contributed by atoms with Gasteiger partial charge in [-0.05, 0) is 31.6 Å². The maximum atomic E-state index is 12.1. The van der Waals surface area contributed by atoms with Crippen LogP contribution in [0.3, 0.4) is 0 Å². The third kappa shape index (κ3) is 4.08. The van der Waals surface area contributed by atoms with Gasteiger partial charge in [-0.25, -0.2) is 0 Å². The average Bonchev–Trinajstić information content (AvgIpc) is 3.27. The number of ether oxygens (including phenoxy) is 2. The number of hydrogen-bond acceptors (Lipinski definition) is 5. The summed E-state index contributed by atoms with van der Waals surface area (Å²) in [5.41, 5.74) is -1.42. The van der Waals surface area contributed by atoms with Crippen molar-refractivity contribution in [2.45, 2.75) is 26.2 Å². The molecule has 0 bridgehead atoms. The zero-order valence-corrected chi connectivity index (χ0v) is 12.7. The summed E-state index contributed by atoms with van der Waals surface area (Å²) in [4.78, 5) is 24.2. The summed E-state index contributed by atoms with van der Waals surface area (Å²) in [5, 5.41) is 9.00. The molecule has 0 aromatic heterocycles. The van der Waals surface area contributed by atoms with E-state index in [0.29, 0.717) is 11.8 Å². The van der Waals surface area contributed by atoms with Gasteiger partial charge in [0.25, 0.3) is 0 Å². The van der Waals surface area contributed by atoms with Crippen molar-refractivity contribution in [3.8, 4) is 11.8 Å². The van der Waals surface area contributed by atoms with E-state index in [0.717, 1.165) is 6.42 Å². The number of allylic oxidation sites excluding steroid dienone is 2. The fourth-order valence-corrected chi connectivity index (χ4v) is 2.26. The van der Waals surface area contributed by atoms with Crippen molar-refractivity contribution in [2.24, 2.45) is 17.3 Å². The summed E-state index contributed by atoms with van der Waals surface area (Å²) in [6.45, 7) is 1.81. The molecule has 1 aliphatic rings. The molecule has 0 heterocycles. The Morgan fingerprint density at radius 1 is 1.33 bits per heavy atom. The second-order valence-corrected chi connectivity index (χ2v) is 5.14. The Bertz CT molecular complexity index is 453. The smallest absolute Gasteiger partial charge is 0.324 e. The average molecular weight is 294 g/mol. The molecule has 1 rings (SSSR count). The minimum atomic E-state index is -1.42. The normalized spacial score (nSPS) is 20.6. The molecule has 0 spiro atoms. The molecule has 1 fully saturated rings. The Morgan fingerprint density at radius 2 is 1.95 bits per heavy atom. The van der Waals surface area contributed by atoms with Crippen LogP contribution in [-0.4, -0.2) is 37.9 Å². The van der Waals surface area contributed by atoms with E-state index in [2.05, 4.69) is 11.8 Å². The lowest BCUT2D eigenvalue weighted by atomic mass is 9.81. The van der Waals surface area contributed by atoms with Gasteiger partial charge in [-0.1, -0.05) is 12.2 Å². The van der Waals surface area contributed by atoms with Crippen LogP contribution < -0.4 is 0 Å². The number of methoxy groups -OCH3 is 2. The Balaban J connectivity index is 2.89. The first kappa shape index (κ1) is 17.3. The zero-order valence-electron chi connectivity index (χ0n) is 12.7. The molecule has 1 saturated carbocycles. The largest absolute Gasteiger partial charge is 0.468 e. The van der Waals surface area contributed by atoms with Gasteiger partial charge in [-0.3, -0.25) is 9.59 Å². The minimum absolute atomic E-state index is 0.0568. The monoisotopic (exact) mass is 294 g/mol. The van der Waals surface area contributed by atoms with E-state index >= 15 is 0 Å². The van der Waals surface area contributed by atoms with Crippen molar-refractivity contribution in [1.82, 2.24) is 0 Å². The van der Waals surface area contributed by atoms with Crippen molar-refractivity contribution in [3.05, 3.63) is 12.2 Å². The summed E-state index contributed by atoms with van der Waals surface area (Å²) < 4.78 is 9.54. The number of rotatable bonds is 7. The van der Waals surface area contributed by atoms with Crippen LogP contribution >= 0.6 is 0 Å². The first-order chi connectivity index (χ1) is 10.1. The molecule has 1 aliphatic carbocycles. The molecule has 1 N–H and O–H groups in total. The van der Waals surface area contributed by atoms with Crippen LogP contribution in [0.5, 0.6) is 0 Å². The van der Waals surface area contributed by atoms with Gasteiger partial charge in [0.2, 0.25) is 0 Å². The van der Waals surface area contributed by atoms with Crippen molar-refractivity contribution in [2.75, 3.05) is 20.8 Å². The van der Waals surface area contributed by atoms with Crippen LogP contribution in [0.4, 0.5) is 0 Å². The molecule has 2 atom stereocenters. The van der Waals surface area contributed by atoms with Crippen LogP contribution in [-0.2, 0) is 19.1 Å². The molecule has 5 heteroatoms. The highest BCUT2D eigenvalue weighted by Gasteiger charge is 2.47. The second kappa shape index (κ2) is 7.84. The topological polar surface area (TPSA) is 72.8 Å². The van der Waals surface area contributed by atoms with Crippen molar-refractivity contribution >= 4 is 11.9 Å². The molecule has 0 radical (unpaired) electrons. The van der Waals surface area contributed by atoms with E-state index in [1.807, 2.05) is 6.08 Å². The van der Waals surface area contributed by atoms with Gasteiger partial charge < -0.3 is 14.6 Å². The molecule has 21 heavy (non-hydrogen) atoms. The molecule has 116 valence electrons. The fourth-order valence-electron chi connectivity index (χ4n) is 2.26. The quantitative estimate of drug-likeness (QED) is 0.332. The van der Waals surface area contributed by atoms with Gasteiger partial charge in [-0.2, -0.15) is 0 Å². The van der Waals surface area contributed by atoms with E-state index in [9.17, 15) is 9.59 Å². The molecule has 0 aliphatic heterocycles. The van der Waals surface area contributed by atoms with E-state index in [4.69, 9.17) is 14.6 Å². The number of aliphatic hydroxyl groups excluding tert-OH is 1. The van der Waals surface area contributed by atoms with Crippen molar-refractivity contribution < 1.29 is 24.2 Å². The van der Waals surface area contributed by atoms with E-state index in [1.165, 1.54) is 14.2 Å². The number of hydrogen-bond donors (Lipinski definition) is 1. The zero-order chi connectivity index (χ0) is 15.9. The molecular formula is C16H22O5. The van der Waals surface area contributed by atoms with Gasteiger partial charge in [0.05, 0.1) is 14.2 Å². The minimum Gasteiger partial charge on any atom is -0.468 e. The number of carbonyl (C=O) groups excluding carboxylic acids is 2. The Morgan fingerprint density at radius 3 is 2.38 bits per heavy atom. The maximum absolute atomic E-state index is 12.1. The highest BCUT2D eigenvalue weighted by molar-refractivity contribution is 6.00. The van der Waals surface area contributed by atoms with Crippen LogP contribution in [0.1, 0.15) is 26.2 Å². The molecule has 0 amide bonds. The molecule has 0 unspecified atom stereocenters. The summed E-state index contributed by atoms with van der Waals surface area (Å²) in [5.74, 6) is 4.78. The Kier molecular flexibility index (Phi) is 6.44. The molecular weight excluding hydrogens is 272 g/mol. The maximum Gasteiger partial charge on any atom is 0.324 e. The summed E-state index contributed by atoms with van der Waals surface area (Å²) in [6.07, 6.45) is 4.88. The number of aliphatic hydroxyl groups is 1. The fraction of sp³-hybridized carbons (Fsp3) is 0.625. The standard InChI is InChI=1S/C16H22O5/c1-4-5-8-16(14(18)20-2,15(19)21-3)9-6-7-12-10-13(12)11-17/h6-7,12-13,17H,8-11H2,1-3H3/b7-6+/t12-,13+/m0/s1. The summed E-state index contributed by atoms with van der Waals surface area (Å²) in [6, 6.07) is 0. The number of carbonyl (C=O) groups is 2. The molecule has 0 aromatic carbocycles. The Labute approximate surface area is 125 Å². The lowest BCUT2D eigenvalue weighted by Gasteiger charge is -2.24. The Hall–Kier alpha value is -1.80. The predicted molar refractivity (Wildman–Crippen MR) is 77.0 cm³/mol. The van der Waals surface area contributed by atoms with E-state index < -0.39 is 17.4 Å². The summed E-state index contributed by atoms with van der Waals surface area (Å²) >= 11 is 0. The van der Waals surface area contributed by atoms with Crippen LogP contribution in [0.25, 0.3) is 0 Å². The summed E-state index contributed by atoms with van der Waals surface area (Å²) in [7, 11) is 2.48. The van der Waals surface area contributed by atoms with E-state index in [1.54, 1.807) is 13.0 Å². The van der Waals surface area contributed by atoms with Crippen LogP contribution in [0.2, 0.25) is 0 Å². The SMILES string of the molecule is CC#CCC(C/C=C/[C@H]1C[C@@H]1CO)(C(=O)OC)C(=O)OC. The van der Waals surface area contributed by atoms with Gasteiger partial charge in [0.1, 0.15) is 0 Å². The first-order valence-electron chi connectivity index (χ1n) is 6.89. The lowest BCUT2D eigenvalue weighted by Crippen LogP contribution is -2.40. The van der Waals surface area contributed by atoms with E-state index in [-0.39, 0.29) is 19.4 Å². The molecule has 5 nitrogen and oxygen atoms in total. The van der Waals surface area contributed by atoms with Gasteiger partial charge >= 0.3 is 11.9 Å². The van der Waals surface area contributed by atoms with Gasteiger partial charge in [0, 0.05) is 13.0 Å². The highest BCUT2D eigenvalue weighted by Crippen LogP contribution is 2.40. The lowest BCUT2D eigenvalue weighted by molar-refractivity contribution is -0.168. The van der Waals surface area contributed by atoms with Crippen LogP contribution in [0, 0.1) is 29.1 Å². The number of esters is 2. The second-order valence-electron chi connectivity index (χ2n) is 5.14.